The van der Waals surface area contributed by atoms with E-state index in [9.17, 15) is 0 Å². The van der Waals surface area contributed by atoms with E-state index in [4.69, 9.17) is 0 Å². The van der Waals surface area contributed by atoms with E-state index >= 15 is 0 Å². The number of hydrogen-bond donors (Lipinski definition) is 0. The molecule has 0 heterocycles. The van der Waals surface area contributed by atoms with Crippen LogP contribution in [0.25, 0.3) is 0 Å². The number of unbranched alkanes of at least 4 members (excludes halogenated alkanes) is 6. The van der Waals surface area contributed by atoms with Gasteiger partial charge < -0.3 is 0 Å². The minimum Gasteiger partial charge on any atom is -0.0533 e. The summed E-state index contributed by atoms with van der Waals surface area (Å²) in [7, 11) is 0. The quantitative estimate of drug-likeness (QED) is 0.366. The Morgan fingerprint density at radius 3 is 1.38 bits per heavy atom. The van der Waals surface area contributed by atoms with Crippen LogP contribution in [0.2, 0.25) is 0 Å². The summed E-state index contributed by atoms with van der Waals surface area (Å²) in [6, 6.07) is 0. The Morgan fingerprint density at radius 1 is 0.524 bits per heavy atom. The molecule has 0 amide bonds. The van der Waals surface area contributed by atoms with Crippen molar-refractivity contribution in [3.05, 3.63) is 6.42 Å². The van der Waals surface area contributed by atoms with Gasteiger partial charge in [0.2, 0.25) is 0 Å². The van der Waals surface area contributed by atoms with Crippen molar-refractivity contribution in [1.82, 2.24) is 0 Å². The minimum absolute atomic E-state index is 1.09. The third-order valence-corrected chi connectivity index (χ3v) is 5.99. The fourth-order valence-corrected chi connectivity index (χ4v) is 4.54. The molecule has 2 rings (SSSR count). The van der Waals surface area contributed by atoms with E-state index in [0.717, 1.165) is 11.8 Å². The van der Waals surface area contributed by atoms with Gasteiger partial charge in [-0.15, -0.1) is 0 Å². The molecule has 0 aliphatic heterocycles. The van der Waals surface area contributed by atoms with Gasteiger partial charge in [0.25, 0.3) is 0 Å². The molecule has 0 aromatic rings. The molecule has 0 heteroatoms. The summed E-state index contributed by atoms with van der Waals surface area (Å²) in [5, 5.41) is 0. The van der Waals surface area contributed by atoms with E-state index in [1.807, 2.05) is 0 Å². The van der Waals surface area contributed by atoms with Crippen LogP contribution in [-0.4, -0.2) is 0 Å². The van der Waals surface area contributed by atoms with Crippen LogP contribution in [0.3, 0.4) is 0 Å². The monoisotopic (exact) mass is 291 g/mol. The maximum Gasteiger partial charge on any atom is -0.0386 e. The van der Waals surface area contributed by atoms with Crippen LogP contribution in [0.4, 0.5) is 0 Å². The SMILES string of the molecule is [CH](CCCCC1CCCCC1)CCCCC1CCCCC1. The Morgan fingerprint density at radius 2 is 0.952 bits per heavy atom. The molecule has 0 aromatic carbocycles. The van der Waals surface area contributed by atoms with Crippen molar-refractivity contribution < 1.29 is 0 Å². The summed E-state index contributed by atoms with van der Waals surface area (Å²) < 4.78 is 0. The average molecular weight is 292 g/mol. The maximum atomic E-state index is 2.59. The lowest BCUT2D eigenvalue weighted by molar-refractivity contribution is 0.327. The fourth-order valence-electron chi connectivity index (χ4n) is 4.54. The lowest BCUT2D eigenvalue weighted by Gasteiger charge is -2.21. The van der Waals surface area contributed by atoms with Gasteiger partial charge in [0, 0.05) is 0 Å². The van der Waals surface area contributed by atoms with E-state index in [-0.39, 0.29) is 0 Å². The van der Waals surface area contributed by atoms with E-state index in [1.165, 1.54) is 116 Å². The first-order chi connectivity index (χ1) is 10.4. The first-order valence-electron chi connectivity index (χ1n) is 10.3. The molecule has 0 spiro atoms. The Hall–Kier alpha value is 0. The molecule has 123 valence electrons. The third kappa shape index (κ3) is 8.27. The predicted octanol–water partition coefficient (Wildman–Crippen LogP) is 7.47. The van der Waals surface area contributed by atoms with Gasteiger partial charge >= 0.3 is 0 Å². The van der Waals surface area contributed by atoms with Gasteiger partial charge in [-0.25, -0.2) is 0 Å². The van der Waals surface area contributed by atoms with Gasteiger partial charge in [-0.3, -0.25) is 0 Å². The van der Waals surface area contributed by atoms with Crippen molar-refractivity contribution >= 4 is 0 Å². The summed E-state index contributed by atoms with van der Waals surface area (Å²) in [6.07, 6.45) is 29.5. The number of hydrogen-bond acceptors (Lipinski definition) is 0. The molecule has 2 aliphatic rings. The normalized spacial score (nSPS) is 21.7. The standard InChI is InChI=1S/C21H39/c1(2-4-8-14-20-16-10-6-11-17-20)3-5-9-15-21-18-12-7-13-19-21/h1,20-21H,2-19H2. The lowest BCUT2D eigenvalue weighted by Crippen LogP contribution is -2.06. The van der Waals surface area contributed by atoms with Gasteiger partial charge in [0.05, 0.1) is 0 Å². The first kappa shape index (κ1) is 17.4. The summed E-state index contributed by atoms with van der Waals surface area (Å²) in [4.78, 5) is 0. The Labute approximate surface area is 134 Å². The molecule has 0 aromatic heterocycles. The highest BCUT2D eigenvalue weighted by Gasteiger charge is 2.13. The van der Waals surface area contributed by atoms with Crippen LogP contribution in [-0.2, 0) is 0 Å². The summed E-state index contributed by atoms with van der Waals surface area (Å²) in [5.74, 6) is 2.18. The predicted molar refractivity (Wildman–Crippen MR) is 94.4 cm³/mol. The smallest absolute Gasteiger partial charge is 0.0386 e. The van der Waals surface area contributed by atoms with Crippen molar-refractivity contribution in [2.75, 3.05) is 0 Å². The van der Waals surface area contributed by atoms with Crippen LogP contribution in [0.1, 0.15) is 116 Å². The highest BCUT2D eigenvalue weighted by Crippen LogP contribution is 2.29. The number of rotatable bonds is 10. The van der Waals surface area contributed by atoms with Crippen molar-refractivity contribution in [3.63, 3.8) is 0 Å². The molecule has 0 bridgehead atoms. The second kappa shape index (κ2) is 11.6. The molecule has 2 aliphatic carbocycles. The molecule has 2 saturated carbocycles. The largest absolute Gasteiger partial charge is 0.0533 e. The molecule has 1 radical (unpaired) electrons. The van der Waals surface area contributed by atoms with E-state index in [2.05, 4.69) is 6.42 Å². The van der Waals surface area contributed by atoms with Crippen molar-refractivity contribution in [1.29, 1.82) is 0 Å². The zero-order chi connectivity index (χ0) is 14.6. The van der Waals surface area contributed by atoms with Crippen LogP contribution >= 0.6 is 0 Å². The molecule has 0 N–H and O–H groups in total. The van der Waals surface area contributed by atoms with Gasteiger partial charge in [-0.2, -0.15) is 0 Å². The maximum absolute atomic E-state index is 2.59. The summed E-state index contributed by atoms with van der Waals surface area (Å²) in [6.45, 7) is 0. The van der Waals surface area contributed by atoms with E-state index in [1.54, 1.807) is 0 Å². The Kier molecular flexibility index (Phi) is 9.55. The zero-order valence-corrected chi connectivity index (χ0v) is 14.5. The zero-order valence-electron chi connectivity index (χ0n) is 14.5. The average Bonchev–Trinajstić information content (AvgIpc) is 2.55. The van der Waals surface area contributed by atoms with Crippen molar-refractivity contribution in [3.8, 4) is 0 Å². The van der Waals surface area contributed by atoms with E-state index in [0.29, 0.717) is 0 Å². The second-order valence-electron chi connectivity index (χ2n) is 7.87. The molecular formula is C21H39. The Bertz CT molecular complexity index is 196. The molecule has 0 saturated heterocycles. The molecule has 21 heavy (non-hydrogen) atoms. The molecule has 0 unspecified atom stereocenters. The van der Waals surface area contributed by atoms with Crippen LogP contribution in [0.15, 0.2) is 0 Å². The van der Waals surface area contributed by atoms with Gasteiger partial charge in [0.15, 0.2) is 0 Å². The molecule has 0 atom stereocenters. The third-order valence-electron chi connectivity index (χ3n) is 5.99. The summed E-state index contributed by atoms with van der Waals surface area (Å²) in [5.41, 5.74) is 0. The van der Waals surface area contributed by atoms with Gasteiger partial charge in [0.1, 0.15) is 0 Å². The highest BCUT2D eigenvalue weighted by atomic mass is 14.2. The van der Waals surface area contributed by atoms with Gasteiger partial charge in [-0.05, 0) is 18.3 Å². The van der Waals surface area contributed by atoms with E-state index < -0.39 is 0 Å². The Balaban J connectivity index is 1.30. The second-order valence-corrected chi connectivity index (χ2v) is 7.87. The lowest BCUT2D eigenvalue weighted by atomic mass is 9.85. The molecular weight excluding hydrogens is 252 g/mol. The van der Waals surface area contributed by atoms with Crippen LogP contribution < -0.4 is 0 Å². The summed E-state index contributed by atoms with van der Waals surface area (Å²) >= 11 is 0. The first-order valence-corrected chi connectivity index (χ1v) is 10.3. The van der Waals surface area contributed by atoms with Crippen molar-refractivity contribution in [2.45, 2.75) is 116 Å². The minimum atomic E-state index is 1.09. The van der Waals surface area contributed by atoms with Crippen LogP contribution in [0.5, 0.6) is 0 Å². The van der Waals surface area contributed by atoms with Gasteiger partial charge in [-0.1, -0.05) is 116 Å². The topological polar surface area (TPSA) is 0 Å². The molecule has 2 fully saturated rings. The fraction of sp³-hybridized carbons (Fsp3) is 0.952. The van der Waals surface area contributed by atoms with Crippen molar-refractivity contribution in [2.24, 2.45) is 11.8 Å². The highest BCUT2D eigenvalue weighted by molar-refractivity contribution is 4.70. The van der Waals surface area contributed by atoms with Crippen LogP contribution in [0, 0.1) is 18.3 Å². The molecule has 0 nitrogen and oxygen atoms in total.